The van der Waals surface area contributed by atoms with Gasteiger partial charge in [0.25, 0.3) is 5.56 Å². The van der Waals surface area contributed by atoms with E-state index >= 15 is 0 Å². The van der Waals surface area contributed by atoms with E-state index < -0.39 is 0 Å². The molecule has 0 spiro atoms. The first kappa shape index (κ1) is 14.9. The Morgan fingerprint density at radius 2 is 2.21 bits per heavy atom. The molecule has 2 atom stereocenters. The van der Waals surface area contributed by atoms with Gasteiger partial charge in [0.15, 0.2) is 0 Å². The molecule has 1 fully saturated rings. The van der Waals surface area contributed by atoms with Crippen molar-refractivity contribution in [1.82, 2.24) is 15.3 Å². The number of aromatic amines is 1. The van der Waals surface area contributed by atoms with Gasteiger partial charge in [-0.2, -0.15) is 11.8 Å². The molecular formula is C13H21N3OS2. The van der Waals surface area contributed by atoms with Crippen molar-refractivity contribution in [2.24, 2.45) is 0 Å². The molecule has 19 heavy (non-hydrogen) atoms. The third kappa shape index (κ3) is 4.26. The van der Waals surface area contributed by atoms with Gasteiger partial charge in [-0.1, -0.05) is 20.8 Å². The Balaban J connectivity index is 2.18. The van der Waals surface area contributed by atoms with Gasteiger partial charge in [0.1, 0.15) is 5.82 Å². The largest absolute Gasteiger partial charge is 0.310 e. The van der Waals surface area contributed by atoms with E-state index in [4.69, 9.17) is 0 Å². The second kappa shape index (κ2) is 6.81. The van der Waals surface area contributed by atoms with Gasteiger partial charge in [-0.05, 0) is 0 Å². The standard InChI is InChI=1S/C13H21N3OS2/c1-8(2)14-7-10-6-11(17)16-13(15-10)12-9(3)18-4-5-19-12/h6,8-9,12,14H,4-5,7H2,1-3H3,(H,15,16,17). The number of hydrogen-bond acceptors (Lipinski definition) is 5. The minimum absolute atomic E-state index is 0.0473. The van der Waals surface area contributed by atoms with Crippen LogP contribution in [0.3, 0.4) is 0 Å². The van der Waals surface area contributed by atoms with Crippen molar-refractivity contribution >= 4 is 23.5 Å². The maximum Gasteiger partial charge on any atom is 0.251 e. The van der Waals surface area contributed by atoms with Crippen LogP contribution in [0.2, 0.25) is 0 Å². The quantitative estimate of drug-likeness (QED) is 0.892. The minimum Gasteiger partial charge on any atom is -0.310 e. The summed E-state index contributed by atoms with van der Waals surface area (Å²) in [6.07, 6.45) is 0. The maximum absolute atomic E-state index is 11.8. The van der Waals surface area contributed by atoms with Crippen LogP contribution in [-0.4, -0.2) is 32.8 Å². The molecule has 0 bridgehead atoms. The number of hydrogen-bond donors (Lipinski definition) is 2. The van der Waals surface area contributed by atoms with E-state index in [0.717, 1.165) is 17.3 Å². The smallest absolute Gasteiger partial charge is 0.251 e. The van der Waals surface area contributed by atoms with E-state index in [0.29, 0.717) is 23.1 Å². The first-order valence-corrected chi connectivity index (χ1v) is 8.72. The highest BCUT2D eigenvalue weighted by Gasteiger charge is 2.26. The van der Waals surface area contributed by atoms with Crippen molar-refractivity contribution in [2.75, 3.05) is 11.5 Å². The van der Waals surface area contributed by atoms with Gasteiger partial charge in [0.05, 0.1) is 10.9 Å². The van der Waals surface area contributed by atoms with Crippen molar-refractivity contribution in [2.45, 2.75) is 43.9 Å². The Morgan fingerprint density at radius 1 is 1.47 bits per heavy atom. The monoisotopic (exact) mass is 299 g/mol. The fourth-order valence-corrected chi connectivity index (χ4v) is 4.71. The average molecular weight is 299 g/mol. The summed E-state index contributed by atoms with van der Waals surface area (Å²) < 4.78 is 0. The lowest BCUT2D eigenvalue weighted by atomic mass is 10.3. The molecule has 2 N–H and O–H groups in total. The number of nitrogens with zero attached hydrogens (tertiary/aromatic N) is 1. The van der Waals surface area contributed by atoms with Gasteiger partial charge < -0.3 is 10.3 Å². The third-order valence-electron chi connectivity index (χ3n) is 2.96. The van der Waals surface area contributed by atoms with E-state index in [9.17, 15) is 4.79 Å². The second-order valence-electron chi connectivity index (χ2n) is 5.02. The number of H-pyrrole nitrogens is 1. The number of thioether (sulfide) groups is 2. The number of rotatable bonds is 4. The zero-order valence-electron chi connectivity index (χ0n) is 11.6. The summed E-state index contributed by atoms with van der Waals surface area (Å²) in [5.74, 6) is 3.14. The van der Waals surface area contributed by atoms with Crippen LogP contribution >= 0.6 is 23.5 Å². The fraction of sp³-hybridized carbons (Fsp3) is 0.692. The lowest BCUT2D eigenvalue weighted by Crippen LogP contribution is -2.26. The zero-order chi connectivity index (χ0) is 13.8. The number of aromatic nitrogens is 2. The molecule has 0 aromatic carbocycles. The Morgan fingerprint density at radius 3 is 2.89 bits per heavy atom. The van der Waals surface area contributed by atoms with Gasteiger partial charge >= 0.3 is 0 Å². The van der Waals surface area contributed by atoms with Crippen LogP contribution in [-0.2, 0) is 6.54 Å². The Bertz CT molecular complexity index is 475. The highest BCUT2D eigenvalue weighted by Crippen LogP contribution is 2.40. The summed E-state index contributed by atoms with van der Waals surface area (Å²) in [6, 6.07) is 1.98. The lowest BCUT2D eigenvalue weighted by Gasteiger charge is -2.27. The molecule has 1 aromatic heterocycles. The molecular weight excluding hydrogens is 278 g/mol. The van der Waals surface area contributed by atoms with E-state index in [2.05, 4.69) is 36.1 Å². The highest BCUT2D eigenvalue weighted by atomic mass is 32.2. The lowest BCUT2D eigenvalue weighted by molar-refractivity contribution is 0.577. The van der Waals surface area contributed by atoms with E-state index in [1.807, 2.05) is 23.5 Å². The SMILES string of the molecule is CC(C)NCc1cc(=O)[nH]c(C2SCCSC2C)n1. The maximum atomic E-state index is 11.8. The zero-order valence-corrected chi connectivity index (χ0v) is 13.2. The van der Waals surface area contributed by atoms with Gasteiger partial charge in [-0.25, -0.2) is 4.98 Å². The molecule has 1 aliphatic rings. The second-order valence-corrected chi connectivity index (χ2v) is 7.76. The summed E-state index contributed by atoms with van der Waals surface area (Å²) in [7, 11) is 0. The van der Waals surface area contributed by atoms with E-state index in [-0.39, 0.29) is 5.56 Å². The minimum atomic E-state index is -0.0473. The average Bonchev–Trinajstić information content (AvgIpc) is 2.36. The molecule has 2 heterocycles. The van der Waals surface area contributed by atoms with Crippen molar-refractivity contribution in [3.8, 4) is 0 Å². The summed E-state index contributed by atoms with van der Waals surface area (Å²) in [5.41, 5.74) is 0.782. The Hall–Kier alpha value is -0.460. The molecule has 4 nitrogen and oxygen atoms in total. The van der Waals surface area contributed by atoms with Crippen molar-refractivity contribution < 1.29 is 0 Å². The summed E-state index contributed by atoms with van der Waals surface area (Å²) in [5, 5.41) is 4.10. The van der Waals surface area contributed by atoms with Crippen LogP contribution in [0, 0.1) is 0 Å². The number of nitrogens with one attached hydrogen (secondary N) is 2. The van der Waals surface area contributed by atoms with Crippen molar-refractivity contribution in [3.63, 3.8) is 0 Å². The predicted octanol–water partition coefficient (Wildman–Crippen LogP) is 2.18. The van der Waals surface area contributed by atoms with Crippen molar-refractivity contribution in [1.29, 1.82) is 0 Å². The molecule has 106 valence electrons. The molecule has 0 aliphatic carbocycles. The summed E-state index contributed by atoms with van der Waals surface area (Å²) >= 11 is 3.84. The highest BCUT2D eigenvalue weighted by molar-refractivity contribution is 8.06. The molecule has 6 heteroatoms. The molecule has 0 saturated carbocycles. The van der Waals surface area contributed by atoms with Crippen LogP contribution in [0.4, 0.5) is 0 Å². The third-order valence-corrected chi connectivity index (χ3v) is 6.06. The van der Waals surface area contributed by atoms with Gasteiger partial charge in [-0.3, -0.25) is 4.79 Å². The predicted molar refractivity (Wildman–Crippen MR) is 84.0 cm³/mol. The molecule has 2 rings (SSSR count). The summed E-state index contributed by atoms with van der Waals surface area (Å²) in [6.45, 7) is 7.03. The molecule has 2 unspecified atom stereocenters. The molecule has 1 saturated heterocycles. The Labute approximate surface area is 122 Å². The van der Waals surface area contributed by atoms with E-state index in [1.165, 1.54) is 5.75 Å². The van der Waals surface area contributed by atoms with E-state index in [1.54, 1.807) is 6.07 Å². The molecule has 0 radical (unpaired) electrons. The van der Waals surface area contributed by atoms with Crippen LogP contribution in [0.15, 0.2) is 10.9 Å². The molecule has 0 amide bonds. The van der Waals surface area contributed by atoms with Crippen molar-refractivity contribution in [3.05, 3.63) is 27.9 Å². The van der Waals surface area contributed by atoms with Crippen LogP contribution < -0.4 is 10.9 Å². The first-order chi connectivity index (χ1) is 9.06. The van der Waals surface area contributed by atoms with Gasteiger partial charge in [0, 0.05) is 35.4 Å². The van der Waals surface area contributed by atoms with Gasteiger partial charge in [0.2, 0.25) is 0 Å². The summed E-state index contributed by atoms with van der Waals surface area (Å²) in [4.78, 5) is 19.3. The topological polar surface area (TPSA) is 57.8 Å². The fourth-order valence-electron chi connectivity index (χ4n) is 2.00. The molecule has 1 aromatic rings. The first-order valence-electron chi connectivity index (χ1n) is 6.63. The normalized spacial score (nSPS) is 23.8. The Kier molecular flexibility index (Phi) is 5.36. The van der Waals surface area contributed by atoms with Crippen LogP contribution in [0.5, 0.6) is 0 Å². The van der Waals surface area contributed by atoms with Crippen LogP contribution in [0.1, 0.15) is 37.5 Å². The van der Waals surface area contributed by atoms with Crippen LogP contribution in [0.25, 0.3) is 0 Å². The molecule has 1 aliphatic heterocycles. The van der Waals surface area contributed by atoms with Gasteiger partial charge in [-0.15, -0.1) is 11.8 Å².